The quantitative estimate of drug-likeness (QED) is 0.219. The predicted octanol–water partition coefficient (Wildman–Crippen LogP) is 5.89. The number of thiazole rings is 1. The maximum absolute atomic E-state index is 13.3. The van der Waals surface area contributed by atoms with Gasteiger partial charge in [-0.2, -0.15) is 0 Å². The highest BCUT2D eigenvalue weighted by atomic mass is 35.5. The largest absolute Gasteiger partial charge is 0.507 e. The first-order valence-electron chi connectivity index (χ1n) is 10.5. The van der Waals surface area contributed by atoms with Crippen molar-refractivity contribution in [2.24, 2.45) is 0 Å². The third-order valence-electron chi connectivity index (χ3n) is 5.75. The molecule has 8 heteroatoms. The van der Waals surface area contributed by atoms with E-state index in [-0.39, 0.29) is 11.3 Å². The molecule has 1 aliphatic heterocycles. The Labute approximate surface area is 204 Å². The summed E-state index contributed by atoms with van der Waals surface area (Å²) in [7, 11) is 1.56. The van der Waals surface area contributed by atoms with E-state index in [1.54, 1.807) is 61.7 Å². The molecule has 0 saturated carbocycles. The Hall–Kier alpha value is -3.68. The zero-order valence-electron chi connectivity index (χ0n) is 18.3. The molecule has 0 aliphatic carbocycles. The van der Waals surface area contributed by atoms with Gasteiger partial charge in [-0.3, -0.25) is 14.5 Å². The van der Waals surface area contributed by atoms with E-state index in [9.17, 15) is 14.7 Å². The zero-order chi connectivity index (χ0) is 24.0. The number of aromatic nitrogens is 1. The molecular formula is C26H19ClN2O4S. The lowest BCUT2D eigenvalue weighted by molar-refractivity contribution is -0.132. The fourth-order valence-electron chi connectivity index (χ4n) is 3.99. The summed E-state index contributed by atoms with van der Waals surface area (Å²) in [6.45, 7) is 1.93. The monoisotopic (exact) mass is 490 g/mol. The number of hydrogen-bond acceptors (Lipinski definition) is 6. The number of carbonyl (C=O) groups is 2. The molecule has 6 nitrogen and oxygen atoms in total. The molecule has 0 bridgehead atoms. The fourth-order valence-corrected chi connectivity index (χ4v) is 5.26. The number of ketones is 1. The number of aliphatic hydroxyl groups is 1. The van der Waals surface area contributed by atoms with Gasteiger partial charge in [-0.05, 0) is 42.8 Å². The minimum atomic E-state index is -0.858. The van der Waals surface area contributed by atoms with Crippen LogP contribution in [0.2, 0.25) is 5.02 Å². The molecule has 1 N–H and O–H groups in total. The van der Waals surface area contributed by atoms with Crippen LogP contribution in [0.1, 0.15) is 22.7 Å². The van der Waals surface area contributed by atoms with Crippen molar-refractivity contribution >= 4 is 55.7 Å². The number of benzene rings is 3. The van der Waals surface area contributed by atoms with Gasteiger partial charge in [-0.1, -0.05) is 64.9 Å². The van der Waals surface area contributed by atoms with Gasteiger partial charge in [0.15, 0.2) is 5.13 Å². The van der Waals surface area contributed by atoms with E-state index < -0.39 is 17.7 Å². The Morgan fingerprint density at radius 2 is 1.76 bits per heavy atom. The van der Waals surface area contributed by atoms with E-state index in [1.165, 1.54) is 16.2 Å². The SMILES string of the molecule is COc1ccc(C2/C(=C(\O)c3ccc(C)cc3)C(=O)C(=O)N2c2nc3ccc(Cl)cc3s2)cc1. The molecule has 34 heavy (non-hydrogen) atoms. The molecule has 2 heterocycles. The van der Waals surface area contributed by atoms with Gasteiger partial charge in [0.2, 0.25) is 0 Å². The van der Waals surface area contributed by atoms with Crippen LogP contribution in [-0.4, -0.2) is 28.9 Å². The van der Waals surface area contributed by atoms with Crippen molar-refractivity contribution in [1.29, 1.82) is 0 Å². The van der Waals surface area contributed by atoms with E-state index >= 15 is 0 Å². The van der Waals surface area contributed by atoms with Gasteiger partial charge in [0.1, 0.15) is 11.5 Å². The molecule has 1 aliphatic rings. The van der Waals surface area contributed by atoms with Crippen LogP contribution >= 0.6 is 22.9 Å². The predicted molar refractivity (Wildman–Crippen MR) is 134 cm³/mol. The molecule has 1 saturated heterocycles. The van der Waals surface area contributed by atoms with E-state index in [1.807, 2.05) is 19.1 Å². The highest BCUT2D eigenvalue weighted by Crippen LogP contribution is 2.44. The first-order valence-corrected chi connectivity index (χ1v) is 11.6. The number of aryl methyl sites for hydroxylation is 1. The molecule has 1 atom stereocenters. The molecule has 1 unspecified atom stereocenters. The molecule has 5 rings (SSSR count). The van der Waals surface area contributed by atoms with Crippen LogP contribution in [-0.2, 0) is 9.59 Å². The van der Waals surface area contributed by atoms with Crippen molar-refractivity contribution in [3.05, 3.63) is 94.0 Å². The molecular weight excluding hydrogens is 472 g/mol. The van der Waals surface area contributed by atoms with E-state index in [2.05, 4.69) is 4.98 Å². The third-order valence-corrected chi connectivity index (χ3v) is 7.00. The number of ether oxygens (including phenoxy) is 1. The van der Waals surface area contributed by atoms with Crippen molar-refractivity contribution in [3.63, 3.8) is 0 Å². The summed E-state index contributed by atoms with van der Waals surface area (Å²) in [6, 6.07) is 18.6. The number of anilines is 1. The average molecular weight is 491 g/mol. The lowest BCUT2D eigenvalue weighted by atomic mass is 9.95. The first kappa shape index (κ1) is 22.1. The van der Waals surface area contributed by atoms with Crippen molar-refractivity contribution in [1.82, 2.24) is 4.98 Å². The average Bonchev–Trinajstić information content (AvgIpc) is 3.37. The van der Waals surface area contributed by atoms with Gasteiger partial charge in [0.25, 0.3) is 5.78 Å². The van der Waals surface area contributed by atoms with Gasteiger partial charge in [0, 0.05) is 10.6 Å². The smallest absolute Gasteiger partial charge is 0.301 e. The normalized spacial score (nSPS) is 17.5. The number of carbonyl (C=O) groups excluding carboxylic acids is 2. The number of Topliss-reactive ketones (excluding diaryl/α,β-unsaturated/α-hetero) is 1. The maximum Gasteiger partial charge on any atom is 0.301 e. The molecule has 4 aromatic rings. The third kappa shape index (κ3) is 3.73. The second-order valence-corrected chi connectivity index (χ2v) is 9.36. The number of amides is 1. The lowest BCUT2D eigenvalue weighted by Crippen LogP contribution is -2.29. The molecule has 1 fully saturated rings. The van der Waals surface area contributed by atoms with E-state index in [4.69, 9.17) is 16.3 Å². The number of rotatable bonds is 4. The topological polar surface area (TPSA) is 79.7 Å². The summed E-state index contributed by atoms with van der Waals surface area (Å²) in [5.74, 6) is -1.12. The Morgan fingerprint density at radius 1 is 1.06 bits per heavy atom. The van der Waals surface area contributed by atoms with Gasteiger partial charge >= 0.3 is 5.91 Å². The first-order chi connectivity index (χ1) is 16.4. The highest BCUT2D eigenvalue weighted by Gasteiger charge is 2.48. The Balaban J connectivity index is 1.72. The summed E-state index contributed by atoms with van der Waals surface area (Å²) in [5, 5.41) is 12.1. The number of fused-ring (bicyclic) bond motifs is 1. The number of hydrogen-bond donors (Lipinski definition) is 1. The minimum absolute atomic E-state index is 0.0105. The van der Waals surface area contributed by atoms with Gasteiger partial charge in [-0.25, -0.2) is 4.98 Å². The van der Waals surface area contributed by atoms with Crippen LogP contribution in [0.4, 0.5) is 5.13 Å². The van der Waals surface area contributed by atoms with Crippen LogP contribution in [0.15, 0.2) is 72.3 Å². The summed E-state index contributed by atoms with van der Waals surface area (Å²) < 4.78 is 6.05. The van der Waals surface area contributed by atoms with Crippen LogP contribution < -0.4 is 9.64 Å². The van der Waals surface area contributed by atoms with Crippen molar-refractivity contribution in [2.75, 3.05) is 12.0 Å². The van der Waals surface area contributed by atoms with Gasteiger partial charge in [0.05, 0.1) is 28.9 Å². The summed E-state index contributed by atoms with van der Waals surface area (Å²) in [4.78, 5) is 32.5. The number of nitrogens with zero attached hydrogens (tertiary/aromatic N) is 2. The van der Waals surface area contributed by atoms with Crippen LogP contribution in [0.3, 0.4) is 0 Å². The Kier molecular flexibility index (Phi) is 5.59. The summed E-state index contributed by atoms with van der Waals surface area (Å²) in [6.07, 6.45) is 0. The molecule has 0 radical (unpaired) electrons. The highest BCUT2D eigenvalue weighted by molar-refractivity contribution is 7.22. The second-order valence-electron chi connectivity index (χ2n) is 7.92. The Bertz CT molecular complexity index is 1460. The molecule has 0 spiro atoms. The van der Waals surface area contributed by atoms with Crippen molar-refractivity contribution in [2.45, 2.75) is 13.0 Å². The number of aliphatic hydroxyl groups excluding tert-OH is 1. The lowest BCUT2D eigenvalue weighted by Gasteiger charge is -2.23. The number of methoxy groups -OCH3 is 1. The Morgan fingerprint density at radius 3 is 2.44 bits per heavy atom. The van der Waals surface area contributed by atoms with Crippen LogP contribution in [0.5, 0.6) is 5.75 Å². The van der Waals surface area contributed by atoms with Crippen LogP contribution in [0.25, 0.3) is 16.0 Å². The fraction of sp³-hybridized carbons (Fsp3) is 0.115. The molecule has 170 valence electrons. The van der Waals surface area contributed by atoms with E-state index in [0.717, 1.165) is 10.3 Å². The minimum Gasteiger partial charge on any atom is -0.507 e. The summed E-state index contributed by atoms with van der Waals surface area (Å²) >= 11 is 7.39. The standard InChI is InChI=1S/C26H19ClN2O4S/c1-14-3-5-16(6-4-14)23(30)21-22(15-7-10-18(33-2)11-8-15)29(25(32)24(21)31)26-28-19-12-9-17(27)13-20(19)34-26/h3-13,22,30H,1-2H3/b23-21+. The van der Waals surface area contributed by atoms with Gasteiger partial charge in [-0.15, -0.1) is 0 Å². The maximum atomic E-state index is 13.3. The van der Waals surface area contributed by atoms with Crippen LogP contribution in [0, 0.1) is 6.92 Å². The zero-order valence-corrected chi connectivity index (χ0v) is 19.9. The molecule has 1 aromatic heterocycles. The molecule has 3 aromatic carbocycles. The van der Waals surface area contributed by atoms with Gasteiger partial charge < -0.3 is 9.84 Å². The van der Waals surface area contributed by atoms with Crippen molar-refractivity contribution in [3.8, 4) is 5.75 Å². The van der Waals surface area contributed by atoms with E-state index in [0.29, 0.717) is 32.5 Å². The second kappa shape index (κ2) is 8.59. The summed E-state index contributed by atoms with van der Waals surface area (Å²) in [5.41, 5.74) is 2.79. The molecule has 1 amide bonds. The number of halogens is 1. The van der Waals surface area contributed by atoms with Crippen molar-refractivity contribution < 1.29 is 19.4 Å².